The lowest BCUT2D eigenvalue weighted by atomic mass is 9.93. The number of nitrogens with two attached hydrogens (primary N) is 1. The molecule has 0 amide bonds. The molecule has 0 radical (unpaired) electrons. The zero-order valence-corrected chi connectivity index (χ0v) is 11.4. The Morgan fingerprint density at radius 2 is 2.06 bits per heavy atom. The van der Waals surface area contributed by atoms with Crippen LogP contribution >= 0.6 is 0 Å². The number of hydrogen-bond donors (Lipinski definition) is 3. The predicted molar refractivity (Wildman–Crippen MR) is 74.2 cm³/mol. The maximum atomic E-state index is 5.43. The van der Waals surface area contributed by atoms with Gasteiger partial charge in [-0.1, -0.05) is 20.3 Å². The van der Waals surface area contributed by atoms with Gasteiger partial charge in [-0.2, -0.15) is 0 Å². The molecule has 5 heteroatoms. The minimum absolute atomic E-state index is 0.508. The number of aromatic nitrogens is 2. The second-order valence-corrected chi connectivity index (χ2v) is 5.20. The van der Waals surface area contributed by atoms with E-state index < -0.39 is 0 Å². The number of anilines is 2. The van der Waals surface area contributed by atoms with Gasteiger partial charge in [-0.3, -0.25) is 0 Å². The zero-order chi connectivity index (χ0) is 13.1. The van der Waals surface area contributed by atoms with Crippen LogP contribution in [0, 0.1) is 18.8 Å². The van der Waals surface area contributed by atoms with Crippen molar-refractivity contribution in [2.75, 3.05) is 10.7 Å². The molecular weight excluding hydrogens is 226 g/mol. The van der Waals surface area contributed by atoms with E-state index in [1.165, 1.54) is 19.3 Å². The fourth-order valence-electron chi connectivity index (χ4n) is 2.94. The van der Waals surface area contributed by atoms with Crippen LogP contribution < -0.4 is 16.6 Å². The maximum Gasteiger partial charge on any atom is 0.148 e. The molecule has 1 fully saturated rings. The third-order valence-electron chi connectivity index (χ3n) is 4.29. The van der Waals surface area contributed by atoms with Gasteiger partial charge in [-0.15, -0.1) is 0 Å². The molecule has 1 aromatic rings. The summed E-state index contributed by atoms with van der Waals surface area (Å²) in [7, 11) is 0. The number of hydrazine groups is 1. The topological polar surface area (TPSA) is 75.9 Å². The van der Waals surface area contributed by atoms with Gasteiger partial charge in [0.05, 0.1) is 0 Å². The first-order chi connectivity index (χ1) is 8.67. The van der Waals surface area contributed by atoms with Gasteiger partial charge in [0.25, 0.3) is 0 Å². The van der Waals surface area contributed by atoms with E-state index in [0.29, 0.717) is 17.8 Å². The van der Waals surface area contributed by atoms with Crippen molar-refractivity contribution in [3.8, 4) is 0 Å². The van der Waals surface area contributed by atoms with Crippen molar-refractivity contribution < 1.29 is 0 Å². The summed E-state index contributed by atoms with van der Waals surface area (Å²) < 4.78 is 0. The quantitative estimate of drug-likeness (QED) is 0.564. The molecule has 1 aliphatic rings. The summed E-state index contributed by atoms with van der Waals surface area (Å²) in [5.41, 5.74) is 3.58. The number of nitrogen functional groups attached to an aromatic ring is 1. The van der Waals surface area contributed by atoms with Crippen LogP contribution in [-0.2, 0) is 0 Å². The highest BCUT2D eigenvalue weighted by atomic mass is 15.3. The van der Waals surface area contributed by atoms with E-state index >= 15 is 0 Å². The van der Waals surface area contributed by atoms with Crippen molar-refractivity contribution in [3.63, 3.8) is 0 Å². The van der Waals surface area contributed by atoms with Crippen LogP contribution in [0.5, 0.6) is 0 Å². The summed E-state index contributed by atoms with van der Waals surface area (Å²) in [6, 6.07) is 0.508. The SMILES string of the molecule is CCC1CCC(Nc2ncnc(NN)c2C)C1C. The molecule has 3 unspecified atom stereocenters. The first-order valence-corrected chi connectivity index (χ1v) is 6.72. The van der Waals surface area contributed by atoms with E-state index in [1.807, 2.05) is 6.92 Å². The number of nitrogens with one attached hydrogen (secondary N) is 2. The Labute approximate surface area is 109 Å². The monoisotopic (exact) mass is 249 g/mol. The average Bonchev–Trinajstić information content (AvgIpc) is 2.73. The molecule has 1 saturated carbocycles. The molecule has 2 rings (SSSR count). The molecule has 3 atom stereocenters. The molecule has 0 saturated heterocycles. The first-order valence-electron chi connectivity index (χ1n) is 6.72. The lowest BCUT2D eigenvalue weighted by Gasteiger charge is -2.22. The summed E-state index contributed by atoms with van der Waals surface area (Å²) in [6.45, 7) is 6.59. The van der Waals surface area contributed by atoms with Crippen molar-refractivity contribution in [3.05, 3.63) is 11.9 Å². The third kappa shape index (κ3) is 2.41. The normalized spacial score (nSPS) is 27.2. The van der Waals surface area contributed by atoms with Gasteiger partial charge in [-0.25, -0.2) is 15.8 Å². The lowest BCUT2D eigenvalue weighted by Crippen LogP contribution is -2.26. The van der Waals surface area contributed by atoms with Crippen LogP contribution in [0.1, 0.15) is 38.7 Å². The Hall–Kier alpha value is -1.36. The maximum absolute atomic E-state index is 5.43. The van der Waals surface area contributed by atoms with Gasteiger partial charge in [-0.05, 0) is 31.6 Å². The molecule has 0 spiro atoms. The first kappa shape index (κ1) is 13.1. The minimum atomic E-state index is 0.508. The second kappa shape index (κ2) is 5.52. The van der Waals surface area contributed by atoms with Crippen LogP contribution in [0.15, 0.2) is 6.33 Å². The van der Waals surface area contributed by atoms with Gasteiger partial charge < -0.3 is 10.7 Å². The van der Waals surface area contributed by atoms with Crippen molar-refractivity contribution in [2.24, 2.45) is 17.7 Å². The molecule has 100 valence electrons. The van der Waals surface area contributed by atoms with Gasteiger partial charge in [0.2, 0.25) is 0 Å². The van der Waals surface area contributed by atoms with Gasteiger partial charge in [0, 0.05) is 11.6 Å². The number of rotatable bonds is 4. The van der Waals surface area contributed by atoms with E-state index in [-0.39, 0.29) is 0 Å². The summed E-state index contributed by atoms with van der Waals surface area (Å²) in [5, 5.41) is 3.55. The molecule has 1 aromatic heterocycles. The van der Waals surface area contributed by atoms with E-state index in [2.05, 4.69) is 34.6 Å². The smallest absolute Gasteiger partial charge is 0.148 e. The molecule has 1 heterocycles. The van der Waals surface area contributed by atoms with E-state index in [4.69, 9.17) is 5.84 Å². The Balaban J connectivity index is 2.11. The molecule has 5 nitrogen and oxygen atoms in total. The molecule has 18 heavy (non-hydrogen) atoms. The largest absolute Gasteiger partial charge is 0.367 e. The van der Waals surface area contributed by atoms with E-state index in [9.17, 15) is 0 Å². The summed E-state index contributed by atoms with van der Waals surface area (Å²) in [6.07, 6.45) is 5.33. The summed E-state index contributed by atoms with van der Waals surface area (Å²) in [5.74, 6) is 8.53. The minimum Gasteiger partial charge on any atom is -0.367 e. The van der Waals surface area contributed by atoms with E-state index in [0.717, 1.165) is 17.3 Å². The van der Waals surface area contributed by atoms with Crippen LogP contribution in [0.4, 0.5) is 11.6 Å². The fraction of sp³-hybridized carbons (Fsp3) is 0.692. The summed E-state index contributed by atoms with van der Waals surface area (Å²) in [4.78, 5) is 8.41. The molecule has 0 aromatic carbocycles. The Kier molecular flexibility index (Phi) is 4.01. The fourth-order valence-corrected chi connectivity index (χ4v) is 2.94. The Morgan fingerprint density at radius 1 is 1.33 bits per heavy atom. The Morgan fingerprint density at radius 3 is 2.67 bits per heavy atom. The molecule has 4 N–H and O–H groups in total. The number of hydrogen-bond acceptors (Lipinski definition) is 5. The third-order valence-corrected chi connectivity index (χ3v) is 4.29. The Bertz CT molecular complexity index is 406. The van der Waals surface area contributed by atoms with Gasteiger partial charge in [0.15, 0.2) is 0 Å². The standard InChI is InChI=1S/C13H23N5/c1-4-10-5-6-11(8(10)2)17-12-9(3)13(18-14)16-7-15-12/h7-8,10-11H,4-6,14H2,1-3H3,(H2,15,16,17,18). The summed E-state index contributed by atoms with van der Waals surface area (Å²) >= 11 is 0. The predicted octanol–water partition coefficient (Wildman–Crippen LogP) is 2.31. The molecule has 0 bridgehead atoms. The lowest BCUT2D eigenvalue weighted by molar-refractivity contribution is 0.391. The molecule has 0 aliphatic heterocycles. The average molecular weight is 249 g/mol. The number of nitrogens with zero attached hydrogens (tertiary/aromatic N) is 2. The van der Waals surface area contributed by atoms with Crippen molar-refractivity contribution in [2.45, 2.75) is 46.1 Å². The van der Waals surface area contributed by atoms with Crippen LogP contribution in [0.2, 0.25) is 0 Å². The molecule has 1 aliphatic carbocycles. The van der Waals surface area contributed by atoms with Crippen molar-refractivity contribution >= 4 is 11.6 Å². The van der Waals surface area contributed by atoms with Crippen molar-refractivity contribution in [1.82, 2.24) is 9.97 Å². The highest BCUT2D eigenvalue weighted by molar-refractivity contribution is 5.56. The highest BCUT2D eigenvalue weighted by Gasteiger charge is 2.31. The van der Waals surface area contributed by atoms with Crippen LogP contribution in [0.3, 0.4) is 0 Å². The van der Waals surface area contributed by atoms with Crippen LogP contribution in [0.25, 0.3) is 0 Å². The molecular formula is C13H23N5. The van der Waals surface area contributed by atoms with Crippen molar-refractivity contribution in [1.29, 1.82) is 0 Å². The second-order valence-electron chi connectivity index (χ2n) is 5.20. The van der Waals surface area contributed by atoms with Gasteiger partial charge >= 0.3 is 0 Å². The zero-order valence-electron chi connectivity index (χ0n) is 11.4. The van der Waals surface area contributed by atoms with Crippen LogP contribution in [-0.4, -0.2) is 16.0 Å². The highest BCUT2D eigenvalue weighted by Crippen LogP contribution is 2.36. The van der Waals surface area contributed by atoms with E-state index in [1.54, 1.807) is 6.33 Å². The van der Waals surface area contributed by atoms with Gasteiger partial charge in [0.1, 0.15) is 18.0 Å².